The molecule has 120 valence electrons. The van der Waals surface area contributed by atoms with E-state index in [9.17, 15) is 9.90 Å². The van der Waals surface area contributed by atoms with Gasteiger partial charge in [0.2, 0.25) is 5.43 Å². The van der Waals surface area contributed by atoms with Gasteiger partial charge in [0, 0.05) is 31.4 Å². The van der Waals surface area contributed by atoms with E-state index in [2.05, 4.69) is 6.92 Å². The number of aromatic hydroxyl groups is 1. The van der Waals surface area contributed by atoms with Crippen LogP contribution < -0.4 is 5.43 Å². The Morgan fingerprint density at radius 2 is 2.00 bits per heavy atom. The predicted molar refractivity (Wildman–Crippen MR) is 84.7 cm³/mol. The van der Waals surface area contributed by atoms with E-state index < -0.39 is 0 Å². The minimum Gasteiger partial charge on any atom is -0.503 e. The summed E-state index contributed by atoms with van der Waals surface area (Å²) in [7, 11) is 0. The Hall–Kier alpha value is -1.33. The first-order valence-electron chi connectivity index (χ1n) is 7.80. The second-order valence-corrected chi connectivity index (χ2v) is 5.40. The van der Waals surface area contributed by atoms with E-state index >= 15 is 0 Å². The van der Waals surface area contributed by atoms with Crippen molar-refractivity contribution < 1.29 is 10.2 Å². The summed E-state index contributed by atoms with van der Waals surface area (Å²) in [5.74, 6) is -0.159. The van der Waals surface area contributed by atoms with Crippen molar-refractivity contribution in [1.29, 1.82) is 0 Å². The number of likely N-dealkylation sites (N-methyl/N-ethyl adjacent to an activating group) is 1. The van der Waals surface area contributed by atoms with Crippen molar-refractivity contribution in [2.45, 2.75) is 53.1 Å². The van der Waals surface area contributed by atoms with E-state index in [1.54, 1.807) is 0 Å². The van der Waals surface area contributed by atoms with Gasteiger partial charge >= 0.3 is 0 Å². The molecule has 0 saturated carbocycles. The molecule has 1 aromatic heterocycles. The lowest BCUT2D eigenvalue weighted by Gasteiger charge is -2.24. The number of aliphatic hydroxyl groups is 1. The van der Waals surface area contributed by atoms with E-state index in [4.69, 9.17) is 5.11 Å². The van der Waals surface area contributed by atoms with Gasteiger partial charge < -0.3 is 14.8 Å². The van der Waals surface area contributed by atoms with E-state index in [1.807, 2.05) is 23.3 Å². The Kier molecular flexibility index (Phi) is 7.47. The molecule has 0 aliphatic carbocycles. The average molecular weight is 296 g/mol. The maximum absolute atomic E-state index is 11.8. The fourth-order valence-electron chi connectivity index (χ4n) is 2.51. The highest BCUT2D eigenvalue weighted by Crippen LogP contribution is 2.18. The molecule has 0 aromatic carbocycles. The Bertz CT molecular complexity index is 497. The smallest absolute Gasteiger partial charge is 0.223 e. The number of unbranched alkanes of at least 4 members (excludes halogenated alkanes) is 2. The minimum absolute atomic E-state index is 0.0699. The van der Waals surface area contributed by atoms with Crippen LogP contribution in [0.3, 0.4) is 0 Å². The number of pyridine rings is 1. The van der Waals surface area contributed by atoms with Crippen LogP contribution in [0.2, 0.25) is 0 Å². The Balaban J connectivity index is 3.09. The zero-order valence-electron chi connectivity index (χ0n) is 13.4. The highest BCUT2D eigenvalue weighted by molar-refractivity contribution is 5.29. The predicted octanol–water partition coefficient (Wildman–Crippen LogP) is 1.87. The van der Waals surface area contributed by atoms with Gasteiger partial charge in [-0.2, -0.15) is 0 Å². The highest BCUT2D eigenvalue weighted by Gasteiger charge is 2.15. The highest BCUT2D eigenvalue weighted by atomic mass is 16.3. The maximum Gasteiger partial charge on any atom is 0.223 e. The van der Waals surface area contributed by atoms with Gasteiger partial charge in [0.1, 0.15) is 0 Å². The summed E-state index contributed by atoms with van der Waals surface area (Å²) in [6.45, 7) is 8.70. The topological polar surface area (TPSA) is 65.7 Å². The summed E-state index contributed by atoms with van der Waals surface area (Å²) in [5, 5.41) is 19.2. The number of nitrogens with zero attached hydrogens (tertiary/aromatic N) is 2. The number of aryl methyl sites for hydroxylation is 1. The summed E-state index contributed by atoms with van der Waals surface area (Å²) >= 11 is 0. The molecule has 0 amide bonds. The van der Waals surface area contributed by atoms with Crippen LogP contribution in [-0.2, 0) is 13.1 Å². The third-order valence-electron chi connectivity index (χ3n) is 3.82. The van der Waals surface area contributed by atoms with Crippen molar-refractivity contribution in [3.05, 3.63) is 27.7 Å². The van der Waals surface area contributed by atoms with Crippen LogP contribution in [0, 0.1) is 6.92 Å². The monoisotopic (exact) mass is 296 g/mol. The molecule has 0 fully saturated rings. The summed E-state index contributed by atoms with van der Waals surface area (Å²) in [6.07, 6.45) is 3.28. The van der Waals surface area contributed by atoms with E-state index in [0.29, 0.717) is 18.8 Å². The number of rotatable bonds is 9. The van der Waals surface area contributed by atoms with E-state index in [0.717, 1.165) is 38.0 Å². The van der Waals surface area contributed by atoms with E-state index in [-0.39, 0.29) is 17.8 Å². The fourth-order valence-corrected chi connectivity index (χ4v) is 2.51. The van der Waals surface area contributed by atoms with Crippen LogP contribution in [0.15, 0.2) is 10.9 Å². The standard InChI is InChI=1S/C16H28N2O3/c1-4-6-7-8-18-13(3)11-15(20)16(21)14(18)12-17(5-2)9-10-19/h11,19,21H,4-10,12H2,1-3H3. The van der Waals surface area contributed by atoms with Crippen LogP contribution in [0.25, 0.3) is 0 Å². The summed E-state index contributed by atoms with van der Waals surface area (Å²) in [5.41, 5.74) is 1.21. The Labute approximate surface area is 126 Å². The molecule has 2 N–H and O–H groups in total. The quantitative estimate of drug-likeness (QED) is 0.683. The Morgan fingerprint density at radius 3 is 2.57 bits per heavy atom. The molecule has 5 nitrogen and oxygen atoms in total. The lowest BCUT2D eigenvalue weighted by atomic mass is 10.2. The van der Waals surface area contributed by atoms with Crippen LogP contribution in [-0.4, -0.2) is 39.4 Å². The van der Waals surface area contributed by atoms with Crippen LogP contribution in [0.4, 0.5) is 0 Å². The first-order chi connectivity index (χ1) is 10.0. The van der Waals surface area contributed by atoms with Crippen molar-refractivity contribution in [1.82, 2.24) is 9.47 Å². The van der Waals surface area contributed by atoms with Crippen molar-refractivity contribution in [2.24, 2.45) is 0 Å². The van der Waals surface area contributed by atoms with Gasteiger partial charge in [-0.3, -0.25) is 9.69 Å². The van der Waals surface area contributed by atoms with Crippen molar-refractivity contribution >= 4 is 0 Å². The second-order valence-electron chi connectivity index (χ2n) is 5.40. The molecule has 0 aliphatic rings. The first-order valence-corrected chi connectivity index (χ1v) is 7.80. The van der Waals surface area contributed by atoms with Gasteiger partial charge in [-0.1, -0.05) is 26.7 Å². The van der Waals surface area contributed by atoms with Gasteiger partial charge in [0.25, 0.3) is 0 Å². The lowest BCUT2D eigenvalue weighted by molar-refractivity contribution is 0.191. The zero-order chi connectivity index (χ0) is 15.8. The molecule has 1 rings (SSSR count). The summed E-state index contributed by atoms with van der Waals surface area (Å²) in [6, 6.07) is 1.49. The Morgan fingerprint density at radius 1 is 1.29 bits per heavy atom. The number of aromatic nitrogens is 1. The van der Waals surface area contributed by atoms with Crippen LogP contribution in [0.1, 0.15) is 44.5 Å². The molecule has 0 bridgehead atoms. The molecular formula is C16H28N2O3. The third-order valence-corrected chi connectivity index (χ3v) is 3.82. The molecule has 0 atom stereocenters. The normalized spacial score (nSPS) is 11.3. The molecule has 1 heterocycles. The summed E-state index contributed by atoms with van der Waals surface area (Å²) < 4.78 is 2.03. The molecule has 0 saturated heterocycles. The third kappa shape index (κ3) is 4.86. The molecule has 0 aliphatic heterocycles. The SMILES string of the molecule is CCCCCn1c(C)cc(=O)c(O)c1CN(CC)CCO. The average Bonchev–Trinajstić information content (AvgIpc) is 2.46. The van der Waals surface area contributed by atoms with Gasteiger partial charge in [0.05, 0.1) is 12.3 Å². The molecule has 5 heteroatoms. The molecule has 21 heavy (non-hydrogen) atoms. The van der Waals surface area contributed by atoms with Crippen molar-refractivity contribution in [3.63, 3.8) is 0 Å². The fraction of sp³-hybridized carbons (Fsp3) is 0.688. The van der Waals surface area contributed by atoms with Crippen LogP contribution >= 0.6 is 0 Å². The summed E-state index contributed by atoms with van der Waals surface area (Å²) in [4.78, 5) is 13.9. The van der Waals surface area contributed by atoms with Gasteiger partial charge in [-0.15, -0.1) is 0 Å². The molecular weight excluding hydrogens is 268 g/mol. The number of aliphatic hydroxyl groups excluding tert-OH is 1. The van der Waals surface area contributed by atoms with Gasteiger partial charge in [0.15, 0.2) is 5.75 Å². The van der Waals surface area contributed by atoms with Crippen LogP contribution in [0.5, 0.6) is 5.75 Å². The second kappa shape index (κ2) is 8.85. The zero-order valence-corrected chi connectivity index (χ0v) is 13.4. The molecule has 0 spiro atoms. The van der Waals surface area contributed by atoms with Crippen molar-refractivity contribution in [2.75, 3.05) is 19.7 Å². The number of hydrogen-bond donors (Lipinski definition) is 2. The largest absolute Gasteiger partial charge is 0.503 e. The molecule has 0 radical (unpaired) electrons. The molecule has 0 unspecified atom stereocenters. The van der Waals surface area contributed by atoms with Crippen molar-refractivity contribution in [3.8, 4) is 5.75 Å². The first kappa shape index (κ1) is 17.7. The maximum atomic E-state index is 11.8. The molecule has 1 aromatic rings. The van der Waals surface area contributed by atoms with E-state index in [1.165, 1.54) is 6.07 Å². The van der Waals surface area contributed by atoms with Gasteiger partial charge in [-0.05, 0) is 19.9 Å². The minimum atomic E-state index is -0.325. The number of hydrogen-bond acceptors (Lipinski definition) is 4. The lowest BCUT2D eigenvalue weighted by Crippen LogP contribution is -2.29. The van der Waals surface area contributed by atoms with Gasteiger partial charge in [-0.25, -0.2) is 0 Å².